The molecule has 0 heterocycles. The molecule has 5 nitrogen and oxygen atoms in total. The highest BCUT2D eigenvalue weighted by Gasteiger charge is 2.17. The molecule has 0 unspecified atom stereocenters. The predicted octanol–water partition coefficient (Wildman–Crippen LogP) is 3.38. The summed E-state index contributed by atoms with van der Waals surface area (Å²) in [7, 11) is 1.27. The van der Waals surface area contributed by atoms with E-state index in [1.54, 1.807) is 12.1 Å². The van der Waals surface area contributed by atoms with Crippen LogP contribution < -0.4 is 9.47 Å². The van der Waals surface area contributed by atoms with Gasteiger partial charge in [0, 0.05) is 12.5 Å². The van der Waals surface area contributed by atoms with E-state index >= 15 is 0 Å². The van der Waals surface area contributed by atoms with Crippen LogP contribution in [-0.4, -0.2) is 19.0 Å². The van der Waals surface area contributed by atoms with E-state index in [1.165, 1.54) is 20.1 Å². The van der Waals surface area contributed by atoms with Crippen LogP contribution in [0.4, 0.5) is 0 Å². The van der Waals surface area contributed by atoms with Gasteiger partial charge in [-0.2, -0.15) is 0 Å². The van der Waals surface area contributed by atoms with Crippen LogP contribution in [0.15, 0.2) is 55.1 Å². The smallest absolute Gasteiger partial charge is 0.337 e. The summed E-state index contributed by atoms with van der Waals surface area (Å²) in [5.41, 5.74) is 1.52. The molecule has 2 aromatic carbocycles. The maximum atomic E-state index is 11.8. The molecule has 2 rings (SSSR count). The number of hydrogen-bond acceptors (Lipinski definition) is 5. The number of rotatable bonds is 6. The molecule has 0 fully saturated rings. The van der Waals surface area contributed by atoms with Gasteiger partial charge in [-0.05, 0) is 23.8 Å². The molecule has 2 aromatic rings. The minimum atomic E-state index is -0.584. The Kier molecular flexibility index (Phi) is 5.73. The lowest BCUT2D eigenvalue weighted by Gasteiger charge is -2.14. The first-order chi connectivity index (χ1) is 11.5. The summed E-state index contributed by atoms with van der Waals surface area (Å²) >= 11 is 0. The number of carbonyl (C=O) groups is 2. The minimum Gasteiger partial charge on any atom is -0.488 e. The second-order valence-corrected chi connectivity index (χ2v) is 5.00. The van der Waals surface area contributed by atoms with Crippen molar-refractivity contribution in [1.29, 1.82) is 0 Å². The van der Waals surface area contributed by atoms with Crippen LogP contribution in [0, 0.1) is 0 Å². The Hall–Kier alpha value is -3.08. The Morgan fingerprint density at radius 2 is 1.79 bits per heavy atom. The molecule has 5 heteroatoms. The fourth-order valence-electron chi connectivity index (χ4n) is 2.07. The molecular formula is C19H18O5. The van der Waals surface area contributed by atoms with Crippen molar-refractivity contribution in [1.82, 2.24) is 0 Å². The summed E-state index contributed by atoms with van der Waals surface area (Å²) in [4.78, 5) is 22.9. The molecule has 0 saturated carbocycles. The molecule has 0 aromatic heterocycles. The van der Waals surface area contributed by atoms with Crippen molar-refractivity contribution in [3.63, 3.8) is 0 Å². The number of methoxy groups -OCH3 is 1. The number of carbonyl (C=O) groups excluding carboxylic acids is 2. The van der Waals surface area contributed by atoms with Crippen molar-refractivity contribution in [2.24, 2.45) is 0 Å². The third-order valence-corrected chi connectivity index (χ3v) is 3.21. The molecule has 0 aliphatic rings. The fourth-order valence-corrected chi connectivity index (χ4v) is 2.07. The van der Waals surface area contributed by atoms with Crippen molar-refractivity contribution >= 4 is 17.5 Å². The Labute approximate surface area is 140 Å². The Morgan fingerprint density at radius 3 is 2.42 bits per heavy atom. The molecule has 0 aliphatic carbocycles. The van der Waals surface area contributed by atoms with Crippen LogP contribution in [-0.2, 0) is 20.9 Å². The van der Waals surface area contributed by atoms with Crippen molar-refractivity contribution in [3.05, 3.63) is 66.2 Å². The molecule has 124 valence electrons. The first-order valence-corrected chi connectivity index (χ1v) is 7.28. The third kappa shape index (κ3) is 4.46. The van der Waals surface area contributed by atoms with Crippen molar-refractivity contribution in [2.75, 3.05) is 7.11 Å². The highest BCUT2D eigenvalue weighted by Crippen LogP contribution is 2.31. The van der Waals surface area contributed by atoms with Crippen molar-refractivity contribution < 1.29 is 23.8 Å². The topological polar surface area (TPSA) is 61.8 Å². The maximum Gasteiger partial charge on any atom is 0.337 e. The van der Waals surface area contributed by atoms with Gasteiger partial charge in [-0.25, -0.2) is 4.79 Å². The molecule has 0 aliphatic heterocycles. The number of esters is 2. The second-order valence-electron chi connectivity index (χ2n) is 5.00. The van der Waals surface area contributed by atoms with Gasteiger partial charge >= 0.3 is 11.9 Å². The summed E-state index contributed by atoms with van der Waals surface area (Å²) in [5, 5.41) is 0. The summed E-state index contributed by atoms with van der Waals surface area (Å²) in [6.07, 6.45) is 0. The summed E-state index contributed by atoms with van der Waals surface area (Å²) in [6, 6.07) is 14.4. The third-order valence-electron chi connectivity index (χ3n) is 3.21. The quantitative estimate of drug-likeness (QED) is 0.463. The number of hydrogen-bond donors (Lipinski definition) is 0. The minimum absolute atomic E-state index is 0.120. The first kappa shape index (κ1) is 17.3. The molecule has 0 spiro atoms. The monoisotopic (exact) mass is 326 g/mol. The molecule has 24 heavy (non-hydrogen) atoms. The van der Waals surface area contributed by atoms with Gasteiger partial charge in [-0.1, -0.05) is 36.9 Å². The summed E-state index contributed by atoms with van der Waals surface area (Å²) < 4.78 is 15.5. The summed E-state index contributed by atoms with van der Waals surface area (Å²) in [6.45, 7) is 5.37. The van der Waals surface area contributed by atoms with E-state index in [-0.39, 0.29) is 5.57 Å². The van der Waals surface area contributed by atoms with E-state index in [1.807, 2.05) is 30.3 Å². The van der Waals surface area contributed by atoms with Gasteiger partial charge in [-0.15, -0.1) is 0 Å². The zero-order valence-corrected chi connectivity index (χ0v) is 13.6. The second kappa shape index (κ2) is 7.97. The van der Waals surface area contributed by atoms with E-state index in [9.17, 15) is 9.59 Å². The molecule has 0 radical (unpaired) electrons. The number of benzene rings is 2. The van der Waals surface area contributed by atoms with Gasteiger partial charge in [-0.3, -0.25) is 4.79 Å². The van der Waals surface area contributed by atoms with Gasteiger partial charge in [0.1, 0.15) is 18.1 Å². The van der Waals surface area contributed by atoms with Crippen LogP contribution in [0.25, 0.3) is 5.57 Å². The highest BCUT2D eigenvalue weighted by atomic mass is 16.5. The molecule has 0 amide bonds. The van der Waals surface area contributed by atoms with Gasteiger partial charge in [0.15, 0.2) is 0 Å². The predicted molar refractivity (Wildman–Crippen MR) is 89.6 cm³/mol. The van der Waals surface area contributed by atoms with Crippen LogP contribution in [0.1, 0.15) is 18.1 Å². The Morgan fingerprint density at radius 1 is 1.08 bits per heavy atom. The van der Waals surface area contributed by atoms with Crippen LogP contribution in [0.2, 0.25) is 0 Å². The van der Waals surface area contributed by atoms with E-state index in [0.717, 1.165) is 5.56 Å². The van der Waals surface area contributed by atoms with E-state index in [0.29, 0.717) is 23.7 Å². The van der Waals surface area contributed by atoms with Crippen molar-refractivity contribution in [3.8, 4) is 11.5 Å². The highest BCUT2D eigenvalue weighted by molar-refractivity contribution is 6.16. The van der Waals surface area contributed by atoms with Gasteiger partial charge in [0.25, 0.3) is 0 Å². The normalized spacial score (nSPS) is 9.92. The first-order valence-electron chi connectivity index (χ1n) is 7.28. The van der Waals surface area contributed by atoms with E-state index < -0.39 is 11.9 Å². The van der Waals surface area contributed by atoms with Gasteiger partial charge in [0.2, 0.25) is 0 Å². The lowest BCUT2D eigenvalue weighted by molar-refractivity contribution is -0.134. The van der Waals surface area contributed by atoms with Crippen LogP contribution in [0.5, 0.6) is 11.5 Å². The summed E-state index contributed by atoms with van der Waals surface area (Å²) in [5.74, 6) is -0.290. The van der Waals surface area contributed by atoms with Crippen LogP contribution >= 0.6 is 0 Å². The van der Waals surface area contributed by atoms with E-state index in [4.69, 9.17) is 14.2 Å². The SMILES string of the molecule is C=C(C(=O)OC)c1cc(OC(C)=O)ccc1OCc1ccccc1. The zero-order chi connectivity index (χ0) is 17.5. The molecule has 0 N–H and O–H groups in total. The van der Waals surface area contributed by atoms with Crippen LogP contribution in [0.3, 0.4) is 0 Å². The Bertz CT molecular complexity index is 750. The molecule has 0 saturated heterocycles. The van der Waals surface area contributed by atoms with Gasteiger partial charge in [0.05, 0.1) is 12.7 Å². The molecule has 0 bridgehead atoms. The standard InChI is InChI=1S/C19H18O5/c1-13(19(21)22-3)17-11-16(24-14(2)20)9-10-18(17)23-12-15-7-5-4-6-8-15/h4-11H,1,12H2,2-3H3. The number of ether oxygens (including phenoxy) is 3. The van der Waals surface area contributed by atoms with Crippen molar-refractivity contribution in [2.45, 2.75) is 13.5 Å². The fraction of sp³-hybridized carbons (Fsp3) is 0.158. The average molecular weight is 326 g/mol. The Balaban J connectivity index is 2.29. The zero-order valence-electron chi connectivity index (χ0n) is 13.6. The van der Waals surface area contributed by atoms with Gasteiger partial charge < -0.3 is 14.2 Å². The van der Waals surface area contributed by atoms with E-state index in [2.05, 4.69) is 6.58 Å². The lowest BCUT2D eigenvalue weighted by Crippen LogP contribution is -2.07. The molecular weight excluding hydrogens is 308 g/mol. The largest absolute Gasteiger partial charge is 0.488 e. The lowest BCUT2D eigenvalue weighted by atomic mass is 10.1. The average Bonchev–Trinajstić information content (AvgIpc) is 2.59. The maximum absolute atomic E-state index is 11.8. The molecule has 0 atom stereocenters.